The van der Waals surface area contributed by atoms with Gasteiger partial charge in [-0.2, -0.15) is 0 Å². The molecular formula is C12H16Cl3FN2. The first-order chi connectivity index (χ1) is 8.08. The van der Waals surface area contributed by atoms with Crippen molar-refractivity contribution in [1.29, 1.82) is 0 Å². The van der Waals surface area contributed by atoms with Crippen molar-refractivity contribution in [3.63, 3.8) is 0 Å². The average molecular weight is 314 g/mol. The van der Waals surface area contributed by atoms with Crippen molar-refractivity contribution in [2.75, 3.05) is 13.1 Å². The lowest BCUT2D eigenvalue weighted by atomic mass is 10.1. The monoisotopic (exact) mass is 312 g/mol. The summed E-state index contributed by atoms with van der Waals surface area (Å²) in [4.78, 5) is 2.23. The van der Waals surface area contributed by atoms with Crippen LogP contribution in [-0.2, 0) is 6.54 Å². The van der Waals surface area contributed by atoms with Gasteiger partial charge in [0.2, 0.25) is 0 Å². The molecule has 0 radical (unpaired) electrons. The van der Waals surface area contributed by atoms with E-state index in [1.54, 1.807) is 6.07 Å². The summed E-state index contributed by atoms with van der Waals surface area (Å²) in [6.07, 6.45) is 2.15. The number of benzene rings is 1. The third-order valence-electron chi connectivity index (χ3n) is 3.05. The van der Waals surface area contributed by atoms with Gasteiger partial charge >= 0.3 is 0 Å². The number of piperidine rings is 1. The molecule has 0 spiro atoms. The van der Waals surface area contributed by atoms with E-state index in [4.69, 9.17) is 28.9 Å². The van der Waals surface area contributed by atoms with Crippen molar-refractivity contribution in [1.82, 2.24) is 4.90 Å². The quantitative estimate of drug-likeness (QED) is 0.847. The SMILES string of the molecule is Cl.N[C@@H]1CCCN(Cc2ccc(F)c(Cl)c2Cl)C1. The molecule has 0 saturated carbocycles. The van der Waals surface area contributed by atoms with Gasteiger partial charge in [0.25, 0.3) is 0 Å². The van der Waals surface area contributed by atoms with Gasteiger partial charge in [-0.15, -0.1) is 12.4 Å². The van der Waals surface area contributed by atoms with Crippen molar-refractivity contribution < 1.29 is 4.39 Å². The molecule has 1 heterocycles. The minimum Gasteiger partial charge on any atom is -0.327 e. The zero-order chi connectivity index (χ0) is 12.4. The van der Waals surface area contributed by atoms with Crippen molar-refractivity contribution in [3.8, 4) is 0 Å². The Morgan fingerprint density at radius 3 is 2.72 bits per heavy atom. The summed E-state index contributed by atoms with van der Waals surface area (Å²) in [5, 5.41) is 0.316. The molecule has 2 rings (SSSR count). The highest BCUT2D eigenvalue weighted by atomic mass is 35.5. The van der Waals surface area contributed by atoms with E-state index in [-0.39, 0.29) is 23.5 Å². The number of hydrogen-bond donors (Lipinski definition) is 1. The van der Waals surface area contributed by atoms with Crippen molar-refractivity contribution in [2.24, 2.45) is 5.73 Å². The van der Waals surface area contributed by atoms with Crippen LogP contribution in [-0.4, -0.2) is 24.0 Å². The zero-order valence-corrected chi connectivity index (χ0v) is 12.2. The van der Waals surface area contributed by atoms with E-state index in [0.717, 1.165) is 31.5 Å². The van der Waals surface area contributed by atoms with Gasteiger partial charge < -0.3 is 5.73 Å². The molecule has 2 nitrogen and oxygen atoms in total. The molecule has 2 N–H and O–H groups in total. The molecule has 18 heavy (non-hydrogen) atoms. The Balaban J connectivity index is 0.00000162. The first-order valence-electron chi connectivity index (χ1n) is 5.68. The van der Waals surface area contributed by atoms with Crippen molar-refractivity contribution >= 4 is 35.6 Å². The van der Waals surface area contributed by atoms with Crippen LogP contribution >= 0.6 is 35.6 Å². The number of rotatable bonds is 2. The molecule has 0 aliphatic carbocycles. The van der Waals surface area contributed by atoms with Crippen molar-refractivity contribution in [3.05, 3.63) is 33.6 Å². The molecule has 1 fully saturated rings. The third-order valence-corrected chi connectivity index (χ3v) is 3.95. The summed E-state index contributed by atoms with van der Waals surface area (Å²) in [7, 11) is 0. The third kappa shape index (κ3) is 3.72. The molecule has 102 valence electrons. The van der Waals surface area contributed by atoms with E-state index in [0.29, 0.717) is 11.6 Å². The molecule has 1 atom stereocenters. The lowest BCUT2D eigenvalue weighted by molar-refractivity contribution is 0.201. The summed E-state index contributed by atoms with van der Waals surface area (Å²) in [6, 6.07) is 3.26. The van der Waals surface area contributed by atoms with Crippen molar-refractivity contribution in [2.45, 2.75) is 25.4 Å². The second-order valence-corrected chi connectivity index (χ2v) is 5.23. The normalized spacial score (nSPS) is 20.6. The minimum absolute atomic E-state index is 0. The fraction of sp³-hybridized carbons (Fsp3) is 0.500. The van der Waals surface area contributed by atoms with E-state index in [2.05, 4.69) is 4.90 Å². The first-order valence-corrected chi connectivity index (χ1v) is 6.44. The van der Waals surface area contributed by atoms with Gasteiger partial charge in [0, 0.05) is 19.1 Å². The number of halogens is 4. The smallest absolute Gasteiger partial charge is 0.143 e. The highest BCUT2D eigenvalue weighted by molar-refractivity contribution is 6.42. The van der Waals surface area contributed by atoms with Gasteiger partial charge in [0.05, 0.1) is 10.0 Å². The predicted octanol–water partition coefficient (Wildman–Crippen LogP) is 3.48. The van der Waals surface area contributed by atoms with Gasteiger partial charge in [-0.05, 0) is 31.0 Å². The Morgan fingerprint density at radius 2 is 2.06 bits per heavy atom. The molecule has 0 bridgehead atoms. The van der Waals surface area contributed by atoms with E-state index in [1.165, 1.54) is 6.07 Å². The number of nitrogens with two attached hydrogens (primary N) is 1. The molecule has 0 unspecified atom stereocenters. The largest absolute Gasteiger partial charge is 0.327 e. The maximum Gasteiger partial charge on any atom is 0.143 e. The minimum atomic E-state index is -0.476. The highest BCUT2D eigenvalue weighted by Crippen LogP contribution is 2.29. The first kappa shape index (κ1) is 16.0. The Hall–Kier alpha value is -0.0600. The molecule has 1 saturated heterocycles. The number of likely N-dealkylation sites (tertiary alicyclic amines) is 1. The molecular weight excluding hydrogens is 298 g/mol. The zero-order valence-electron chi connectivity index (χ0n) is 9.83. The Labute approximate surface area is 123 Å². The molecule has 6 heteroatoms. The van der Waals surface area contributed by atoms with E-state index < -0.39 is 5.82 Å². The lowest BCUT2D eigenvalue weighted by Crippen LogP contribution is -2.42. The van der Waals surface area contributed by atoms with Crippen LogP contribution in [0.4, 0.5) is 4.39 Å². The molecule has 1 aliphatic heterocycles. The second-order valence-electron chi connectivity index (χ2n) is 4.47. The van der Waals surface area contributed by atoms with Crippen LogP contribution in [0.5, 0.6) is 0 Å². The van der Waals surface area contributed by atoms with Crippen LogP contribution in [0.25, 0.3) is 0 Å². The Kier molecular flexibility index (Phi) is 6.15. The van der Waals surface area contributed by atoms with Crippen LogP contribution in [0.3, 0.4) is 0 Å². The molecule has 1 aromatic rings. The number of hydrogen-bond acceptors (Lipinski definition) is 2. The van der Waals surface area contributed by atoms with Crippen LogP contribution < -0.4 is 5.73 Å². The molecule has 0 amide bonds. The summed E-state index contributed by atoms with van der Waals surface area (Å²) in [5.41, 5.74) is 6.76. The van der Waals surface area contributed by atoms with Crippen LogP contribution in [0.1, 0.15) is 18.4 Å². The van der Waals surface area contributed by atoms with Gasteiger partial charge in [0.1, 0.15) is 5.82 Å². The lowest BCUT2D eigenvalue weighted by Gasteiger charge is -2.30. The molecule has 1 aliphatic rings. The van der Waals surface area contributed by atoms with Crippen LogP contribution in [0.15, 0.2) is 12.1 Å². The maximum atomic E-state index is 13.2. The summed E-state index contributed by atoms with van der Waals surface area (Å²) >= 11 is 11.8. The Bertz CT molecular complexity index is 415. The van der Waals surface area contributed by atoms with Gasteiger partial charge in [-0.25, -0.2) is 4.39 Å². The standard InChI is InChI=1S/C12H15Cl2FN2.ClH/c13-11-8(3-4-10(15)12(11)14)6-17-5-1-2-9(16)7-17;/h3-4,9H,1-2,5-7,16H2;1H/t9-;/m1./s1. The summed E-state index contributed by atoms with van der Waals surface area (Å²) in [5.74, 6) is -0.476. The second kappa shape index (κ2) is 6.92. The Morgan fingerprint density at radius 1 is 1.33 bits per heavy atom. The fourth-order valence-electron chi connectivity index (χ4n) is 2.16. The van der Waals surface area contributed by atoms with Gasteiger partial charge in [-0.1, -0.05) is 29.3 Å². The molecule has 1 aromatic carbocycles. The molecule has 0 aromatic heterocycles. The van der Waals surface area contributed by atoms with E-state index in [1.807, 2.05) is 0 Å². The van der Waals surface area contributed by atoms with Gasteiger partial charge in [0.15, 0.2) is 0 Å². The predicted molar refractivity (Wildman–Crippen MR) is 76.2 cm³/mol. The number of nitrogens with zero attached hydrogens (tertiary/aromatic N) is 1. The average Bonchev–Trinajstić information content (AvgIpc) is 2.30. The van der Waals surface area contributed by atoms with Crippen LogP contribution in [0.2, 0.25) is 10.0 Å². The summed E-state index contributed by atoms with van der Waals surface area (Å²) < 4.78 is 13.2. The summed E-state index contributed by atoms with van der Waals surface area (Å²) in [6.45, 7) is 2.52. The van der Waals surface area contributed by atoms with Gasteiger partial charge in [-0.3, -0.25) is 4.90 Å². The van der Waals surface area contributed by atoms with E-state index >= 15 is 0 Å². The van der Waals surface area contributed by atoms with E-state index in [9.17, 15) is 4.39 Å². The highest BCUT2D eigenvalue weighted by Gasteiger charge is 2.18. The van der Waals surface area contributed by atoms with Crippen LogP contribution in [0, 0.1) is 5.82 Å². The fourth-order valence-corrected chi connectivity index (χ4v) is 2.56. The topological polar surface area (TPSA) is 29.3 Å². The maximum absolute atomic E-state index is 13.2.